The molecule has 1 saturated heterocycles. The zero-order valence-electron chi connectivity index (χ0n) is 25.3. The summed E-state index contributed by atoms with van der Waals surface area (Å²) in [7, 11) is 1.46. The summed E-state index contributed by atoms with van der Waals surface area (Å²) in [6.45, 7) is 5.82. The molecule has 0 spiro atoms. The van der Waals surface area contributed by atoms with Crippen LogP contribution in [0.3, 0.4) is 0 Å². The van der Waals surface area contributed by atoms with Crippen molar-refractivity contribution >= 4 is 40.7 Å². The molecule has 0 saturated carbocycles. The van der Waals surface area contributed by atoms with Crippen LogP contribution in [0.2, 0.25) is 0 Å². The number of aliphatic hydroxyl groups excluding tert-OH is 2. The minimum absolute atomic E-state index is 0.0629. The van der Waals surface area contributed by atoms with Crippen molar-refractivity contribution in [2.24, 2.45) is 0 Å². The summed E-state index contributed by atoms with van der Waals surface area (Å²) in [6.07, 6.45) is 5.69. The first-order chi connectivity index (χ1) is 20.8. The number of carbonyl (C=O) groups is 3. The van der Waals surface area contributed by atoms with Gasteiger partial charge in [-0.3, -0.25) is 19.3 Å². The van der Waals surface area contributed by atoms with Crippen LogP contribution in [0.5, 0.6) is 11.5 Å². The fourth-order valence-corrected chi connectivity index (χ4v) is 6.16. The summed E-state index contributed by atoms with van der Waals surface area (Å²) in [6, 6.07) is 2.48. The lowest BCUT2D eigenvalue weighted by Gasteiger charge is -2.41. The number of ether oxygens (including phenoxy) is 3. The van der Waals surface area contributed by atoms with Gasteiger partial charge in [-0.15, -0.1) is 0 Å². The van der Waals surface area contributed by atoms with E-state index >= 15 is 0 Å². The highest BCUT2D eigenvalue weighted by Crippen LogP contribution is 2.37. The van der Waals surface area contributed by atoms with Crippen molar-refractivity contribution in [1.82, 2.24) is 15.1 Å². The predicted octanol–water partition coefficient (Wildman–Crippen LogP) is 2.55. The Balaban J connectivity index is 1.92. The molecule has 1 aliphatic carbocycles. The fourth-order valence-electron chi connectivity index (χ4n) is 5.41. The van der Waals surface area contributed by atoms with E-state index in [-0.39, 0.29) is 25.5 Å². The molecular weight excluding hydrogens is 669 g/mol. The molecule has 1 heterocycles. The van der Waals surface area contributed by atoms with Crippen molar-refractivity contribution < 1.29 is 38.8 Å². The van der Waals surface area contributed by atoms with Crippen molar-refractivity contribution in [1.29, 1.82) is 0 Å². The molecule has 12 heteroatoms. The number of nitrogens with one attached hydrogen (secondary N) is 1. The number of amides is 2. The van der Waals surface area contributed by atoms with Gasteiger partial charge in [-0.2, -0.15) is 0 Å². The number of aliphatic hydroxyl groups is 2. The molecule has 1 aromatic carbocycles. The van der Waals surface area contributed by atoms with Crippen molar-refractivity contribution in [3.05, 3.63) is 32.9 Å². The van der Waals surface area contributed by atoms with E-state index in [9.17, 15) is 24.6 Å². The number of rotatable bonds is 17. The van der Waals surface area contributed by atoms with Crippen LogP contribution in [0, 0.1) is 3.57 Å². The van der Waals surface area contributed by atoms with Gasteiger partial charge in [0.1, 0.15) is 18.5 Å². The van der Waals surface area contributed by atoms with Crippen molar-refractivity contribution in [2.45, 2.75) is 70.1 Å². The van der Waals surface area contributed by atoms with Crippen LogP contribution in [-0.2, 0) is 14.3 Å². The molecule has 1 aromatic rings. The van der Waals surface area contributed by atoms with Gasteiger partial charge in [0.2, 0.25) is 11.8 Å². The van der Waals surface area contributed by atoms with E-state index in [2.05, 4.69) is 17.1 Å². The summed E-state index contributed by atoms with van der Waals surface area (Å²) in [5.41, 5.74) is 0.772. The Morgan fingerprint density at radius 2 is 1.95 bits per heavy atom. The third-order valence-electron chi connectivity index (χ3n) is 7.83. The lowest BCUT2D eigenvalue weighted by atomic mass is 9.87. The van der Waals surface area contributed by atoms with E-state index < -0.39 is 24.2 Å². The molecule has 11 nitrogen and oxygen atoms in total. The largest absolute Gasteiger partial charge is 0.493 e. The minimum atomic E-state index is -1.14. The Kier molecular flexibility index (Phi) is 15.2. The van der Waals surface area contributed by atoms with Gasteiger partial charge in [-0.1, -0.05) is 32.6 Å². The standard InChI is InChI=1S/C31H46IN3O8/c1-3-4-5-6-7-8-28(38)35(11-10-34-12-15-42-16-13-34)25-19-23(31(40)33-9-14-36)20-26(29(25)39)43-30-24(32)17-22(21-37)18-27(30)41-2/h17-18,20-21,25-26,29,36,39H,3-16,19H2,1-2H3,(H,33,40)/t25-,26+,29+/m1/s1. The molecule has 0 radical (unpaired) electrons. The third-order valence-corrected chi connectivity index (χ3v) is 8.63. The van der Waals surface area contributed by atoms with E-state index in [1.807, 2.05) is 22.6 Å². The molecule has 1 aliphatic heterocycles. The lowest BCUT2D eigenvalue weighted by molar-refractivity contribution is -0.139. The highest BCUT2D eigenvalue weighted by atomic mass is 127. The first kappa shape index (κ1) is 35.2. The smallest absolute Gasteiger partial charge is 0.247 e. The topological polar surface area (TPSA) is 138 Å². The maximum Gasteiger partial charge on any atom is 0.247 e. The average molecular weight is 716 g/mol. The Hall–Kier alpha value is -2.26. The summed E-state index contributed by atoms with van der Waals surface area (Å²) in [5.74, 6) is 0.187. The molecule has 240 valence electrons. The average Bonchev–Trinajstić information content (AvgIpc) is 3.02. The van der Waals surface area contributed by atoms with Gasteiger partial charge in [0.25, 0.3) is 0 Å². The van der Waals surface area contributed by atoms with E-state index in [4.69, 9.17) is 14.2 Å². The lowest BCUT2D eigenvalue weighted by Crippen LogP contribution is -2.56. The molecule has 3 N–H and O–H groups in total. The van der Waals surface area contributed by atoms with Gasteiger partial charge >= 0.3 is 0 Å². The molecule has 0 unspecified atom stereocenters. The number of unbranched alkanes of at least 4 members (excludes halogenated alkanes) is 4. The zero-order chi connectivity index (χ0) is 31.2. The molecule has 3 atom stereocenters. The monoisotopic (exact) mass is 715 g/mol. The second-order valence-electron chi connectivity index (χ2n) is 10.9. The second-order valence-corrected chi connectivity index (χ2v) is 12.0. The number of carbonyl (C=O) groups excluding carboxylic acids is 3. The highest BCUT2D eigenvalue weighted by molar-refractivity contribution is 14.1. The maximum absolute atomic E-state index is 13.8. The number of halogens is 1. The Bertz CT molecular complexity index is 1100. The van der Waals surface area contributed by atoms with Crippen molar-refractivity contribution in [3.63, 3.8) is 0 Å². The van der Waals surface area contributed by atoms with Gasteiger partial charge in [-0.05, 0) is 47.2 Å². The number of aldehydes is 1. The van der Waals surface area contributed by atoms with Crippen LogP contribution >= 0.6 is 22.6 Å². The Morgan fingerprint density at radius 1 is 1.21 bits per heavy atom. The quantitative estimate of drug-likeness (QED) is 0.126. The van der Waals surface area contributed by atoms with Crippen LogP contribution in [0.15, 0.2) is 23.8 Å². The second kappa shape index (κ2) is 18.5. The van der Waals surface area contributed by atoms with Crippen molar-refractivity contribution in [2.75, 3.05) is 59.7 Å². The SMILES string of the molecule is CCCCCCCC(=O)N(CCN1CCOCC1)[C@@H]1CC(C(=O)NCCO)=C[C@H](Oc2c(I)cc(C=O)cc2OC)[C@H]1O. The Morgan fingerprint density at radius 3 is 2.63 bits per heavy atom. The molecular formula is C31H46IN3O8. The third kappa shape index (κ3) is 10.4. The number of morpholine rings is 1. The molecule has 1 fully saturated rings. The molecule has 0 aromatic heterocycles. The van der Waals surface area contributed by atoms with Gasteiger partial charge in [-0.25, -0.2) is 0 Å². The summed E-state index contributed by atoms with van der Waals surface area (Å²) in [5, 5.41) is 23.7. The van der Waals surface area contributed by atoms with E-state index in [0.717, 1.165) is 45.2 Å². The minimum Gasteiger partial charge on any atom is -0.493 e. The molecule has 0 bridgehead atoms. The van der Waals surface area contributed by atoms with Crippen molar-refractivity contribution in [3.8, 4) is 11.5 Å². The highest BCUT2D eigenvalue weighted by Gasteiger charge is 2.41. The zero-order valence-corrected chi connectivity index (χ0v) is 27.4. The van der Waals surface area contributed by atoms with Crippen LogP contribution in [0.1, 0.15) is 62.2 Å². The molecule has 43 heavy (non-hydrogen) atoms. The van der Waals surface area contributed by atoms with Gasteiger partial charge in [0.05, 0.1) is 36.5 Å². The molecule has 3 rings (SSSR count). The van der Waals surface area contributed by atoms with Crippen LogP contribution in [0.4, 0.5) is 0 Å². The summed E-state index contributed by atoms with van der Waals surface area (Å²) >= 11 is 2.04. The van der Waals surface area contributed by atoms with Gasteiger partial charge in [0.15, 0.2) is 11.5 Å². The van der Waals surface area contributed by atoms with Gasteiger partial charge in [0, 0.05) is 56.7 Å². The van der Waals surface area contributed by atoms with E-state index in [1.54, 1.807) is 23.1 Å². The number of hydrogen-bond donors (Lipinski definition) is 3. The van der Waals surface area contributed by atoms with E-state index in [0.29, 0.717) is 65.2 Å². The fraction of sp³-hybridized carbons (Fsp3) is 0.645. The maximum atomic E-state index is 13.8. The summed E-state index contributed by atoms with van der Waals surface area (Å²) < 4.78 is 17.9. The predicted molar refractivity (Wildman–Crippen MR) is 170 cm³/mol. The molecule has 2 aliphatic rings. The first-order valence-corrected chi connectivity index (χ1v) is 16.3. The molecule has 2 amide bonds. The van der Waals surface area contributed by atoms with Crippen LogP contribution < -0.4 is 14.8 Å². The first-order valence-electron chi connectivity index (χ1n) is 15.2. The van der Waals surface area contributed by atoms with E-state index in [1.165, 1.54) is 7.11 Å². The summed E-state index contributed by atoms with van der Waals surface area (Å²) in [4.78, 5) is 42.3. The van der Waals surface area contributed by atoms with Crippen LogP contribution in [0.25, 0.3) is 0 Å². The van der Waals surface area contributed by atoms with Crippen LogP contribution in [-0.4, -0.2) is 116 Å². The van der Waals surface area contributed by atoms with Gasteiger partial charge < -0.3 is 34.6 Å². The Labute approximate surface area is 268 Å². The normalized spacial score (nSPS) is 20.7. The number of nitrogens with zero attached hydrogens (tertiary/aromatic N) is 2. The number of methoxy groups -OCH3 is 1. The number of hydrogen-bond acceptors (Lipinski definition) is 9. The number of benzene rings is 1.